The number of carbonyl (C=O) groups is 1. The maximum Gasteiger partial charge on any atom is 0.337 e. The molecule has 0 aliphatic rings. The molecule has 0 spiro atoms. The van der Waals surface area contributed by atoms with E-state index in [0.717, 1.165) is 11.3 Å². The van der Waals surface area contributed by atoms with Crippen molar-refractivity contribution < 1.29 is 18.7 Å². The summed E-state index contributed by atoms with van der Waals surface area (Å²) in [5.74, 6) is -1.62. The fourth-order valence-corrected chi connectivity index (χ4v) is 3.42. The van der Waals surface area contributed by atoms with Crippen LogP contribution in [0.5, 0.6) is 0 Å². The predicted octanol–water partition coefficient (Wildman–Crippen LogP) is 4.42. The molecule has 1 heterocycles. The molecular formula is C22H22F2N2O2. The van der Waals surface area contributed by atoms with Gasteiger partial charge in [-0.05, 0) is 37.6 Å². The molecule has 0 bridgehead atoms. The average molecular weight is 384 g/mol. The molecule has 2 N–H and O–H groups in total. The number of nitrogens with one attached hydrogen (secondary N) is 1. The zero-order valence-corrected chi connectivity index (χ0v) is 15.8. The van der Waals surface area contributed by atoms with Gasteiger partial charge in [-0.2, -0.15) is 0 Å². The van der Waals surface area contributed by atoms with Crippen molar-refractivity contribution in [1.82, 2.24) is 9.88 Å². The highest BCUT2D eigenvalue weighted by atomic mass is 19.1. The number of aromatic carboxylic acids is 1. The Morgan fingerprint density at radius 3 is 2.32 bits per heavy atom. The van der Waals surface area contributed by atoms with Gasteiger partial charge < -0.3 is 15.0 Å². The first-order valence-corrected chi connectivity index (χ1v) is 8.99. The number of carboxylic acid groups (broad SMARTS) is 1. The van der Waals surface area contributed by atoms with E-state index in [0.29, 0.717) is 29.9 Å². The second-order valence-electron chi connectivity index (χ2n) is 6.74. The van der Waals surface area contributed by atoms with Gasteiger partial charge in [0.2, 0.25) is 0 Å². The van der Waals surface area contributed by atoms with E-state index in [2.05, 4.69) is 5.32 Å². The van der Waals surface area contributed by atoms with E-state index in [4.69, 9.17) is 0 Å². The molecular weight excluding hydrogens is 362 g/mol. The fraction of sp³-hybridized carbons (Fsp3) is 0.227. The van der Waals surface area contributed by atoms with Crippen LogP contribution < -0.4 is 5.32 Å². The Morgan fingerprint density at radius 1 is 1.00 bits per heavy atom. The molecule has 0 saturated heterocycles. The van der Waals surface area contributed by atoms with Crippen molar-refractivity contribution in [3.63, 3.8) is 0 Å². The number of aromatic nitrogens is 1. The highest BCUT2D eigenvalue weighted by Crippen LogP contribution is 2.24. The van der Waals surface area contributed by atoms with Crippen molar-refractivity contribution in [2.24, 2.45) is 0 Å². The highest BCUT2D eigenvalue weighted by Gasteiger charge is 2.22. The van der Waals surface area contributed by atoms with Crippen LogP contribution in [0.15, 0.2) is 48.5 Å². The predicted molar refractivity (Wildman–Crippen MR) is 103 cm³/mol. The molecule has 0 unspecified atom stereocenters. The molecule has 0 aliphatic carbocycles. The first-order valence-electron chi connectivity index (χ1n) is 8.99. The fourth-order valence-electron chi connectivity index (χ4n) is 3.42. The van der Waals surface area contributed by atoms with Crippen LogP contribution in [0.1, 0.15) is 38.4 Å². The van der Waals surface area contributed by atoms with Crippen LogP contribution in [0.3, 0.4) is 0 Å². The number of nitrogens with zero attached hydrogens (tertiary/aromatic N) is 1. The first-order chi connectivity index (χ1) is 13.4. The summed E-state index contributed by atoms with van der Waals surface area (Å²) in [7, 11) is 0. The molecule has 146 valence electrons. The maximum atomic E-state index is 14.1. The lowest BCUT2D eigenvalue weighted by Gasteiger charge is -2.11. The smallest absolute Gasteiger partial charge is 0.337 e. The summed E-state index contributed by atoms with van der Waals surface area (Å²) in [6.45, 7) is 4.67. The molecule has 0 aliphatic heterocycles. The first kappa shape index (κ1) is 19.8. The van der Waals surface area contributed by atoms with Gasteiger partial charge in [0, 0.05) is 35.6 Å². The Morgan fingerprint density at radius 2 is 1.68 bits per heavy atom. The molecule has 0 saturated carbocycles. The standard InChI is InChI=1S/C22H22F2N2O2/c1-14-19(12-25-11-16-7-9-18(23)10-8-16)21(22(27)28)15(2)26(14)13-17-5-3-4-6-20(17)24/h3-10,25H,11-13H2,1-2H3,(H,27,28). The van der Waals surface area contributed by atoms with E-state index in [1.54, 1.807) is 37.3 Å². The summed E-state index contributed by atoms with van der Waals surface area (Å²) in [4.78, 5) is 11.8. The van der Waals surface area contributed by atoms with E-state index in [9.17, 15) is 18.7 Å². The highest BCUT2D eigenvalue weighted by molar-refractivity contribution is 5.91. The minimum absolute atomic E-state index is 0.237. The average Bonchev–Trinajstić information content (AvgIpc) is 2.89. The summed E-state index contributed by atoms with van der Waals surface area (Å²) >= 11 is 0. The summed E-state index contributed by atoms with van der Waals surface area (Å²) in [5.41, 5.74) is 3.69. The number of halogens is 2. The summed E-state index contributed by atoms with van der Waals surface area (Å²) in [5, 5.41) is 12.9. The SMILES string of the molecule is Cc1c(CNCc2ccc(F)cc2)c(C(=O)O)c(C)n1Cc1ccccc1F. The molecule has 0 amide bonds. The number of carboxylic acids is 1. The molecule has 3 aromatic rings. The number of hydrogen-bond acceptors (Lipinski definition) is 2. The Labute approximate surface area is 162 Å². The van der Waals surface area contributed by atoms with Crippen LogP contribution in [-0.4, -0.2) is 15.6 Å². The topological polar surface area (TPSA) is 54.3 Å². The maximum absolute atomic E-state index is 14.1. The van der Waals surface area contributed by atoms with E-state index in [-0.39, 0.29) is 23.7 Å². The van der Waals surface area contributed by atoms with Crippen LogP contribution in [0.4, 0.5) is 8.78 Å². The summed E-state index contributed by atoms with van der Waals surface area (Å²) in [6, 6.07) is 12.6. The molecule has 0 radical (unpaired) electrons. The van der Waals surface area contributed by atoms with Gasteiger partial charge >= 0.3 is 5.97 Å². The van der Waals surface area contributed by atoms with E-state index in [1.165, 1.54) is 18.2 Å². The van der Waals surface area contributed by atoms with Gasteiger partial charge in [0.15, 0.2) is 0 Å². The Kier molecular flexibility index (Phi) is 5.90. The van der Waals surface area contributed by atoms with E-state index in [1.807, 2.05) is 11.5 Å². The van der Waals surface area contributed by atoms with Crippen LogP contribution >= 0.6 is 0 Å². The largest absolute Gasteiger partial charge is 0.478 e. The third-order valence-corrected chi connectivity index (χ3v) is 4.95. The van der Waals surface area contributed by atoms with Crippen LogP contribution in [-0.2, 0) is 19.6 Å². The second-order valence-corrected chi connectivity index (χ2v) is 6.74. The zero-order valence-electron chi connectivity index (χ0n) is 15.8. The van der Waals surface area contributed by atoms with Crippen molar-refractivity contribution in [2.45, 2.75) is 33.5 Å². The molecule has 0 fully saturated rings. The van der Waals surface area contributed by atoms with Crippen LogP contribution in [0.2, 0.25) is 0 Å². The number of rotatable bonds is 7. The van der Waals surface area contributed by atoms with Gasteiger partial charge in [0.05, 0.1) is 12.1 Å². The van der Waals surface area contributed by atoms with Gasteiger partial charge in [-0.15, -0.1) is 0 Å². The summed E-state index contributed by atoms with van der Waals surface area (Å²) in [6.07, 6.45) is 0. The van der Waals surface area contributed by atoms with Crippen molar-refractivity contribution >= 4 is 5.97 Å². The second kappa shape index (κ2) is 8.35. The van der Waals surface area contributed by atoms with Crippen LogP contribution in [0.25, 0.3) is 0 Å². The van der Waals surface area contributed by atoms with Gasteiger partial charge in [-0.1, -0.05) is 30.3 Å². The number of benzene rings is 2. The number of hydrogen-bond donors (Lipinski definition) is 2. The molecule has 0 atom stereocenters. The lowest BCUT2D eigenvalue weighted by atomic mass is 10.1. The monoisotopic (exact) mass is 384 g/mol. The van der Waals surface area contributed by atoms with Crippen LogP contribution in [0, 0.1) is 25.5 Å². The zero-order chi connectivity index (χ0) is 20.3. The Hall–Kier alpha value is -2.99. The normalized spacial score (nSPS) is 11.0. The lowest BCUT2D eigenvalue weighted by molar-refractivity contribution is 0.0694. The minimum atomic E-state index is -1.01. The summed E-state index contributed by atoms with van der Waals surface area (Å²) < 4.78 is 28.9. The van der Waals surface area contributed by atoms with Crippen molar-refractivity contribution in [3.8, 4) is 0 Å². The van der Waals surface area contributed by atoms with E-state index < -0.39 is 5.97 Å². The van der Waals surface area contributed by atoms with Gasteiger partial charge in [0.1, 0.15) is 11.6 Å². The van der Waals surface area contributed by atoms with Crippen molar-refractivity contribution in [2.75, 3.05) is 0 Å². The molecule has 1 aromatic heterocycles. The quantitative estimate of drug-likeness (QED) is 0.634. The van der Waals surface area contributed by atoms with Gasteiger partial charge in [0.25, 0.3) is 0 Å². The van der Waals surface area contributed by atoms with Crippen molar-refractivity contribution in [3.05, 3.63) is 93.8 Å². The molecule has 4 nitrogen and oxygen atoms in total. The molecule has 3 rings (SSSR count). The molecule has 2 aromatic carbocycles. The van der Waals surface area contributed by atoms with Gasteiger partial charge in [-0.3, -0.25) is 0 Å². The third kappa shape index (κ3) is 4.12. The third-order valence-electron chi connectivity index (χ3n) is 4.95. The molecule has 28 heavy (non-hydrogen) atoms. The Balaban J connectivity index is 1.84. The van der Waals surface area contributed by atoms with E-state index >= 15 is 0 Å². The van der Waals surface area contributed by atoms with Gasteiger partial charge in [-0.25, -0.2) is 13.6 Å². The lowest BCUT2D eigenvalue weighted by Crippen LogP contribution is -2.15. The minimum Gasteiger partial charge on any atom is -0.478 e. The Bertz CT molecular complexity index is 995. The molecule has 6 heteroatoms. The van der Waals surface area contributed by atoms with Crippen molar-refractivity contribution in [1.29, 1.82) is 0 Å².